The van der Waals surface area contributed by atoms with Gasteiger partial charge in [0.25, 0.3) is 0 Å². The fourth-order valence-corrected chi connectivity index (χ4v) is 2.06. The van der Waals surface area contributed by atoms with Gasteiger partial charge in [-0.3, -0.25) is 4.79 Å². The van der Waals surface area contributed by atoms with Crippen LogP contribution in [0.2, 0.25) is 5.02 Å². The van der Waals surface area contributed by atoms with E-state index in [4.69, 9.17) is 11.6 Å². The molecule has 2 aromatic rings. The summed E-state index contributed by atoms with van der Waals surface area (Å²) in [5.41, 5.74) is 2.10. The lowest BCUT2D eigenvalue weighted by atomic mass is 10.1. The maximum atomic E-state index is 13.5. The quantitative estimate of drug-likeness (QED) is 0.815. The van der Waals surface area contributed by atoms with Gasteiger partial charge in [-0.05, 0) is 42.3 Å². The molecule has 2 aromatic carbocycles. The minimum atomic E-state index is -0.459. The van der Waals surface area contributed by atoms with Crippen LogP contribution >= 0.6 is 11.6 Å². The highest BCUT2D eigenvalue weighted by atomic mass is 35.5. The minimum absolute atomic E-state index is 0.204. The van der Waals surface area contributed by atoms with Gasteiger partial charge in [0.15, 0.2) is 0 Å². The number of amides is 1. The largest absolute Gasteiger partial charge is 0.323 e. The monoisotopic (exact) mass is 303 g/mol. The molecule has 0 atom stereocenters. The van der Waals surface area contributed by atoms with Crippen LogP contribution in [0, 0.1) is 5.82 Å². The van der Waals surface area contributed by atoms with E-state index in [1.54, 1.807) is 6.07 Å². The van der Waals surface area contributed by atoms with Crippen LogP contribution in [0.1, 0.15) is 18.1 Å². The number of nitrogens with one attached hydrogen (secondary N) is 1. The van der Waals surface area contributed by atoms with E-state index in [0.717, 1.165) is 6.42 Å². The fourth-order valence-electron chi connectivity index (χ4n) is 1.84. The molecule has 0 bridgehead atoms. The van der Waals surface area contributed by atoms with Gasteiger partial charge in [-0.15, -0.1) is 0 Å². The van der Waals surface area contributed by atoms with E-state index in [-0.39, 0.29) is 16.5 Å². The number of rotatable bonds is 4. The third kappa shape index (κ3) is 4.17. The molecule has 0 saturated heterocycles. The molecule has 4 heteroatoms. The van der Waals surface area contributed by atoms with Crippen molar-refractivity contribution in [3.05, 3.63) is 70.5 Å². The van der Waals surface area contributed by atoms with Gasteiger partial charge in [0.05, 0.1) is 5.02 Å². The molecule has 0 fully saturated rings. The molecule has 0 saturated carbocycles. The van der Waals surface area contributed by atoms with Crippen molar-refractivity contribution in [1.82, 2.24) is 0 Å². The average Bonchev–Trinajstić information content (AvgIpc) is 2.47. The maximum absolute atomic E-state index is 13.5. The summed E-state index contributed by atoms with van der Waals surface area (Å²) in [7, 11) is 0. The Balaban J connectivity index is 2.05. The molecule has 1 amide bonds. The SMILES string of the molecule is CCc1ccc(NC(=O)/C=C/c2c(F)cccc2Cl)cc1. The average molecular weight is 304 g/mol. The zero-order valence-corrected chi connectivity index (χ0v) is 12.3. The van der Waals surface area contributed by atoms with Gasteiger partial charge in [0.2, 0.25) is 5.91 Å². The van der Waals surface area contributed by atoms with Gasteiger partial charge in [-0.2, -0.15) is 0 Å². The van der Waals surface area contributed by atoms with E-state index in [9.17, 15) is 9.18 Å². The Labute approximate surface area is 128 Å². The van der Waals surface area contributed by atoms with E-state index in [1.165, 1.54) is 29.8 Å². The molecule has 21 heavy (non-hydrogen) atoms. The molecule has 1 N–H and O–H groups in total. The van der Waals surface area contributed by atoms with Crippen molar-refractivity contribution in [2.45, 2.75) is 13.3 Å². The summed E-state index contributed by atoms with van der Waals surface area (Å²) < 4.78 is 13.5. The predicted molar refractivity (Wildman–Crippen MR) is 84.9 cm³/mol. The van der Waals surface area contributed by atoms with Gasteiger partial charge < -0.3 is 5.32 Å². The minimum Gasteiger partial charge on any atom is -0.323 e. The Hall–Kier alpha value is -2.13. The van der Waals surface area contributed by atoms with E-state index in [0.29, 0.717) is 5.69 Å². The molecule has 0 aromatic heterocycles. The third-order valence-corrected chi connectivity index (χ3v) is 3.36. The van der Waals surface area contributed by atoms with Crippen molar-refractivity contribution in [2.24, 2.45) is 0 Å². The summed E-state index contributed by atoms with van der Waals surface area (Å²) >= 11 is 5.88. The molecule has 0 radical (unpaired) electrons. The molecule has 2 rings (SSSR count). The molecule has 2 nitrogen and oxygen atoms in total. The summed E-state index contributed by atoms with van der Waals surface area (Å²) in [6.07, 6.45) is 3.57. The van der Waals surface area contributed by atoms with Gasteiger partial charge in [-0.25, -0.2) is 4.39 Å². The first-order chi connectivity index (χ1) is 10.1. The van der Waals surface area contributed by atoms with Crippen LogP contribution in [0.3, 0.4) is 0 Å². The van der Waals surface area contributed by atoms with Crippen LogP contribution in [0.5, 0.6) is 0 Å². The van der Waals surface area contributed by atoms with Gasteiger partial charge in [0, 0.05) is 17.3 Å². The number of hydrogen-bond donors (Lipinski definition) is 1. The summed E-state index contributed by atoms with van der Waals surface area (Å²) in [6, 6.07) is 12.0. The Morgan fingerprint density at radius 2 is 1.95 bits per heavy atom. The van der Waals surface area contributed by atoms with Gasteiger partial charge in [0.1, 0.15) is 5.82 Å². The predicted octanol–water partition coefficient (Wildman–Crippen LogP) is 4.69. The fraction of sp³-hybridized carbons (Fsp3) is 0.118. The highest BCUT2D eigenvalue weighted by Gasteiger charge is 2.04. The van der Waals surface area contributed by atoms with Crippen molar-refractivity contribution >= 4 is 29.3 Å². The van der Waals surface area contributed by atoms with Crippen LogP contribution in [-0.4, -0.2) is 5.91 Å². The zero-order chi connectivity index (χ0) is 15.2. The lowest BCUT2D eigenvalue weighted by molar-refractivity contribution is -0.111. The second kappa shape index (κ2) is 7.04. The molecular formula is C17H15ClFNO. The first-order valence-electron chi connectivity index (χ1n) is 6.62. The number of carbonyl (C=O) groups excluding carboxylic acids is 1. The van der Waals surface area contributed by atoms with Gasteiger partial charge in [-0.1, -0.05) is 36.7 Å². The second-order valence-corrected chi connectivity index (χ2v) is 4.92. The van der Waals surface area contributed by atoms with Crippen LogP contribution in [-0.2, 0) is 11.2 Å². The summed E-state index contributed by atoms with van der Waals surface area (Å²) in [6.45, 7) is 2.06. The number of halogens is 2. The topological polar surface area (TPSA) is 29.1 Å². The van der Waals surface area contributed by atoms with E-state index < -0.39 is 5.82 Å². The maximum Gasteiger partial charge on any atom is 0.248 e. The lowest BCUT2D eigenvalue weighted by Crippen LogP contribution is -2.07. The number of aryl methyl sites for hydroxylation is 1. The molecule has 108 valence electrons. The Morgan fingerprint density at radius 1 is 1.24 bits per heavy atom. The van der Waals surface area contributed by atoms with Crippen LogP contribution in [0.25, 0.3) is 6.08 Å². The number of hydrogen-bond acceptors (Lipinski definition) is 1. The van der Waals surface area contributed by atoms with Crippen LogP contribution in [0.4, 0.5) is 10.1 Å². The Kier molecular flexibility index (Phi) is 5.12. The molecule has 0 aliphatic carbocycles. The summed E-state index contributed by atoms with van der Waals surface area (Å²) in [5.74, 6) is -0.794. The van der Waals surface area contributed by atoms with Crippen LogP contribution < -0.4 is 5.32 Å². The molecule has 0 aliphatic rings. The molecule has 0 unspecified atom stereocenters. The first-order valence-corrected chi connectivity index (χ1v) is 7.00. The van der Waals surface area contributed by atoms with Crippen molar-refractivity contribution < 1.29 is 9.18 Å². The smallest absolute Gasteiger partial charge is 0.248 e. The first kappa shape index (κ1) is 15.3. The third-order valence-electron chi connectivity index (χ3n) is 3.03. The van der Waals surface area contributed by atoms with Crippen molar-refractivity contribution in [2.75, 3.05) is 5.32 Å². The highest BCUT2D eigenvalue weighted by molar-refractivity contribution is 6.32. The Bertz CT molecular complexity index is 645. The highest BCUT2D eigenvalue weighted by Crippen LogP contribution is 2.20. The molecule has 0 aliphatic heterocycles. The normalized spacial score (nSPS) is 10.8. The van der Waals surface area contributed by atoms with E-state index >= 15 is 0 Å². The zero-order valence-electron chi connectivity index (χ0n) is 11.6. The van der Waals surface area contributed by atoms with E-state index in [2.05, 4.69) is 12.2 Å². The Morgan fingerprint density at radius 3 is 2.57 bits per heavy atom. The van der Waals surface area contributed by atoms with Crippen molar-refractivity contribution in [3.63, 3.8) is 0 Å². The summed E-state index contributed by atoms with van der Waals surface area (Å²) in [5, 5.41) is 2.98. The van der Waals surface area contributed by atoms with Crippen LogP contribution in [0.15, 0.2) is 48.5 Å². The second-order valence-electron chi connectivity index (χ2n) is 4.51. The van der Waals surface area contributed by atoms with E-state index in [1.807, 2.05) is 24.3 Å². The van der Waals surface area contributed by atoms with Gasteiger partial charge >= 0.3 is 0 Å². The van der Waals surface area contributed by atoms with Crippen molar-refractivity contribution in [3.8, 4) is 0 Å². The number of benzene rings is 2. The molecule has 0 heterocycles. The molecular weight excluding hydrogens is 289 g/mol. The number of anilines is 1. The summed E-state index contributed by atoms with van der Waals surface area (Å²) in [4.78, 5) is 11.8. The number of carbonyl (C=O) groups is 1. The molecule has 0 spiro atoms. The van der Waals surface area contributed by atoms with Crippen molar-refractivity contribution in [1.29, 1.82) is 0 Å². The standard InChI is InChI=1S/C17H15ClFNO/c1-2-12-6-8-13(9-7-12)20-17(21)11-10-14-15(18)4-3-5-16(14)19/h3-11H,2H2,1H3,(H,20,21)/b11-10+. The lowest BCUT2D eigenvalue weighted by Gasteiger charge is -2.03.